The Labute approximate surface area is 308 Å². The molecule has 7 aromatic carbocycles. The molecular weight excluding hydrogens is 627 g/mol. The average Bonchev–Trinajstić information content (AvgIpc) is 3.65. The summed E-state index contributed by atoms with van der Waals surface area (Å²) in [6.45, 7) is 14.3. The molecule has 0 bridgehead atoms. The average molecular weight is 670 g/mol. The van der Waals surface area contributed by atoms with E-state index in [4.69, 9.17) is 0 Å². The van der Waals surface area contributed by atoms with Crippen molar-refractivity contribution in [3.63, 3.8) is 0 Å². The first kappa shape index (κ1) is 31.1. The summed E-state index contributed by atoms with van der Waals surface area (Å²) in [4.78, 5) is 2.53. The second kappa shape index (κ2) is 10.7. The van der Waals surface area contributed by atoms with Crippen LogP contribution in [-0.2, 0) is 16.2 Å². The van der Waals surface area contributed by atoms with Gasteiger partial charge < -0.3 is 4.90 Å². The summed E-state index contributed by atoms with van der Waals surface area (Å²) in [5.41, 5.74) is 22.1. The predicted molar refractivity (Wildman–Crippen MR) is 219 cm³/mol. The van der Waals surface area contributed by atoms with Gasteiger partial charge in [-0.25, -0.2) is 0 Å². The Bertz CT molecular complexity index is 2510. The van der Waals surface area contributed by atoms with Crippen molar-refractivity contribution in [2.75, 3.05) is 4.90 Å². The first-order valence-electron chi connectivity index (χ1n) is 18.7. The predicted octanol–water partition coefficient (Wildman–Crippen LogP) is 13.7. The van der Waals surface area contributed by atoms with Crippen molar-refractivity contribution in [2.24, 2.45) is 0 Å². The Morgan fingerprint density at radius 2 is 0.673 bits per heavy atom. The Morgan fingerprint density at radius 3 is 1.19 bits per heavy atom. The van der Waals surface area contributed by atoms with Crippen LogP contribution in [0.25, 0.3) is 44.5 Å². The summed E-state index contributed by atoms with van der Waals surface area (Å²) in [7, 11) is 0. The minimum atomic E-state index is -0.132. The Kier molecular flexibility index (Phi) is 6.39. The summed E-state index contributed by atoms with van der Waals surface area (Å²) in [5, 5.41) is 0. The molecule has 0 N–H and O–H groups in total. The number of hydrogen-bond acceptors (Lipinski definition) is 1. The Morgan fingerprint density at radius 1 is 0.308 bits per heavy atom. The van der Waals surface area contributed by atoms with Gasteiger partial charge in [0.2, 0.25) is 0 Å². The highest BCUT2D eigenvalue weighted by Gasteiger charge is 2.40. The smallest absolute Gasteiger partial charge is 0.0540 e. The molecule has 0 radical (unpaired) electrons. The fraction of sp³-hybridized carbons (Fsp3) is 0.176. The summed E-state index contributed by atoms with van der Waals surface area (Å²) >= 11 is 0. The SMILES string of the molecule is CC1(C)c2ccccc2-c2ccc(N(c3ccc4c(c3)C(C)(C)c3ccccc3-4)c3ccccc3-c3cccc4c3C(C)(C)c3ccccc3-4)cc21. The first-order valence-corrected chi connectivity index (χ1v) is 18.7. The van der Waals surface area contributed by atoms with Crippen LogP contribution in [0, 0.1) is 0 Å². The monoisotopic (exact) mass is 669 g/mol. The third-order valence-electron chi connectivity index (χ3n) is 12.7. The minimum Gasteiger partial charge on any atom is -0.310 e. The number of nitrogens with zero attached hydrogens (tertiary/aromatic N) is 1. The zero-order valence-corrected chi connectivity index (χ0v) is 30.9. The van der Waals surface area contributed by atoms with Gasteiger partial charge in [0.15, 0.2) is 0 Å². The third kappa shape index (κ3) is 4.11. The van der Waals surface area contributed by atoms with E-state index in [0.29, 0.717) is 0 Å². The molecule has 252 valence electrons. The molecule has 0 unspecified atom stereocenters. The van der Waals surface area contributed by atoms with Crippen LogP contribution in [0.4, 0.5) is 17.1 Å². The molecule has 0 spiro atoms. The second-order valence-corrected chi connectivity index (χ2v) is 16.6. The summed E-state index contributed by atoms with van der Waals surface area (Å²) in [6, 6.07) is 57.1. The van der Waals surface area contributed by atoms with E-state index >= 15 is 0 Å². The van der Waals surface area contributed by atoms with E-state index in [2.05, 4.69) is 198 Å². The lowest BCUT2D eigenvalue weighted by Gasteiger charge is -2.32. The van der Waals surface area contributed by atoms with Crippen LogP contribution in [0.1, 0.15) is 74.9 Å². The number of anilines is 3. The van der Waals surface area contributed by atoms with E-state index in [1.165, 1.54) is 95.0 Å². The van der Waals surface area contributed by atoms with Crippen molar-refractivity contribution in [2.45, 2.75) is 57.8 Å². The molecule has 1 heteroatoms. The van der Waals surface area contributed by atoms with Gasteiger partial charge in [0.25, 0.3) is 0 Å². The van der Waals surface area contributed by atoms with Gasteiger partial charge in [0, 0.05) is 33.2 Å². The number of fused-ring (bicyclic) bond motifs is 9. The Hall–Kier alpha value is -5.66. The lowest BCUT2D eigenvalue weighted by atomic mass is 9.78. The first-order chi connectivity index (χ1) is 25.1. The van der Waals surface area contributed by atoms with Crippen LogP contribution in [0.3, 0.4) is 0 Å². The highest BCUT2D eigenvalue weighted by molar-refractivity contribution is 5.96. The second-order valence-electron chi connectivity index (χ2n) is 16.6. The Balaban J connectivity index is 1.22. The van der Waals surface area contributed by atoms with Crippen LogP contribution in [0.2, 0.25) is 0 Å². The summed E-state index contributed by atoms with van der Waals surface area (Å²) in [6.07, 6.45) is 0. The highest BCUT2D eigenvalue weighted by atomic mass is 15.1. The third-order valence-corrected chi connectivity index (χ3v) is 12.7. The van der Waals surface area contributed by atoms with E-state index < -0.39 is 0 Å². The molecule has 1 nitrogen and oxygen atoms in total. The fourth-order valence-corrected chi connectivity index (χ4v) is 10.1. The molecule has 0 fully saturated rings. The van der Waals surface area contributed by atoms with E-state index in [1.54, 1.807) is 0 Å². The number of benzene rings is 7. The quantitative estimate of drug-likeness (QED) is 0.180. The minimum absolute atomic E-state index is 0.106. The van der Waals surface area contributed by atoms with Gasteiger partial charge in [0.05, 0.1) is 5.69 Å². The highest BCUT2D eigenvalue weighted by Crippen LogP contribution is 2.56. The van der Waals surface area contributed by atoms with E-state index in [0.717, 1.165) is 0 Å². The maximum atomic E-state index is 2.53. The molecule has 0 saturated heterocycles. The topological polar surface area (TPSA) is 3.24 Å². The molecule has 52 heavy (non-hydrogen) atoms. The van der Waals surface area contributed by atoms with Gasteiger partial charge in [-0.3, -0.25) is 0 Å². The van der Waals surface area contributed by atoms with Crippen LogP contribution in [0.15, 0.2) is 152 Å². The van der Waals surface area contributed by atoms with Crippen molar-refractivity contribution in [1.82, 2.24) is 0 Å². The van der Waals surface area contributed by atoms with Crippen molar-refractivity contribution in [3.05, 3.63) is 185 Å². The van der Waals surface area contributed by atoms with Gasteiger partial charge in [-0.1, -0.05) is 163 Å². The molecule has 3 aliphatic carbocycles. The van der Waals surface area contributed by atoms with E-state index in [-0.39, 0.29) is 16.2 Å². The normalized spacial score (nSPS) is 16.0. The zero-order chi connectivity index (χ0) is 35.6. The van der Waals surface area contributed by atoms with E-state index in [1.807, 2.05) is 0 Å². The fourth-order valence-electron chi connectivity index (χ4n) is 10.1. The molecule has 10 rings (SSSR count). The number of rotatable bonds is 4. The van der Waals surface area contributed by atoms with Gasteiger partial charge in [0.1, 0.15) is 0 Å². The van der Waals surface area contributed by atoms with Crippen molar-refractivity contribution < 1.29 is 0 Å². The number of para-hydroxylation sites is 1. The van der Waals surface area contributed by atoms with Gasteiger partial charge in [-0.15, -0.1) is 0 Å². The van der Waals surface area contributed by atoms with Gasteiger partial charge >= 0.3 is 0 Å². The van der Waals surface area contributed by atoms with Crippen molar-refractivity contribution >= 4 is 17.1 Å². The molecule has 0 amide bonds. The number of hydrogen-bond donors (Lipinski definition) is 0. The van der Waals surface area contributed by atoms with Crippen molar-refractivity contribution in [1.29, 1.82) is 0 Å². The molecule has 0 atom stereocenters. The maximum Gasteiger partial charge on any atom is 0.0540 e. The largest absolute Gasteiger partial charge is 0.310 e. The summed E-state index contributed by atoms with van der Waals surface area (Å²) in [5.74, 6) is 0. The van der Waals surface area contributed by atoms with Crippen LogP contribution in [-0.4, -0.2) is 0 Å². The molecule has 7 aromatic rings. The van der Waals surface area contributed by atoms with Crippen LogP contribution >= 0.6 is 0 Å². The lowest BCUT2D eigenvalue weighted by molar-refractivity contribution is 0.660. The molecule has 0 aliphatic heterocycles. The van der Waals surface area contributed by atoms with E-state index in [9.17, 15) is 0 Å². The molecule has 0 aromatic heterocycles. The van der Waals surface area contributed by atoms with Crippen LogP contribution < -0.4 is 4.90 Å². The van der Waals surface area contributed by atoms with Gasteiger partial charge in [-0.05, 0) is 103 Å². The molecule has 0 saturated carbocycles. The lowest BCUT2D eigenvalue weighted by Crippen LogP contribution is -2.19. The maximum absolute atomic E-state index is 2.53. The molecule has 0 heterocycles. The van der Waals surface area contributed by atoms with Gasteiger partial charge in [-0.2, -0.15) is 0 Å². The standard InChI is InChI=1S/C51H43N/c1-49(2)42-22-11-7-16-34(42)37-28-26-32(30-45(37)49)52(33-27-29-38-35-17-8-12-23-43(35)50(3,4)46(38)31-33)47-25-14-10-19-39(47)41-21-15-20-40-36-18-9-13-24-44(36)51(5,6)48(40)41/h7-31H,1-6H3. The molecule has 3 aliphatic rings. The summed E-state index contributed by atoms with van der Waals surface area (Å²) < 4.78 is 0. The van der Waals surface area contributed by atoms with Crippen LogP contribution in [0.5, 0.6) is 0 Å². The molecular formula is C51H43N. The zero-order valence-electron chi connectivity index (χ0n) is 30.9. The van der Waals surface area contributed by atoms with Crippen molar-refractivity contribution in [3.8, 4) is 44.5 Å².